The van der Waals surface area contributed by atoms with Gasteiger partial charge in [-0.3, -0.25) is 8.42 Å². The van der Waals surface area contributed by atoms with Gasteiger partial charge in [0.2, 0.25) is 0 Å². The van der Waals surface area contributed by atoms with E-state index >= 15 is 0 Å². The van der Waals surface area contributed by atoms with Crippen molar-refractivity contribution in [3.8, 4) is 0 Å². The van der Waals surface area contributed by atoms with Crippen molar-refractivity contribution in [2.45, 2.75) is 0 Å². The van der Waals surface area contributed by atoms with E-state index in [1.807, 2.05) is 0 Å². The fourth-order valence-electron chi connectivity index (χ4n) is 0. The Balaban J connectivity index is -0.0000000133. The van der Waals surface area contributed by atoms with Crippen LogP contribution in [0.1, 0.15) is 0 Å². The van der Waals surface area contributed by atoms with Crippen LogP contribution in [0.25, 0.3) is 0 Å². The minimum atomic E-state index is -5.17. The van der Waals surface area contributed by atoms with Crippen LogP contribution in [0.3, 0.4) is 0 Å². The van der Waals surface area contributed by atoms with Gasteiger partial charge in [-0.2, -0.15) is 0 Å². The van der Waals surface area contributed by atoms with E-state index in [0.29, 0.717) is 0 Å². The molecule has 51 valence electrons. The molecule has 9 heteroatoms. The molecule has 0 atom stereocenters. The Hall–Kier alpha value is 1.65. The molecule has 0 aromatic carbocycles. The van der Waals surface area contributed by atoms with Crippen LogP contribution in [0.15, 0.2) is 0 Å². The second-order valence-corrected chi connectivity index (χ2v) is 1.22. The molecule has 1 N–H and O–H groups in total. The van der Waals surface area contributed by atoms with Crippen molar-refractivity contribution in [2.75, 3.05) is 0 Å². The molecule has 0 heterocycles. The van der Waals surface area contributed by atoms with Crippen molar-refractivity contribution in [2.24, 2.45) is 0 Å². The molecule has 0 bridgehead atoms. The van der Waals surface area contributed by atoms with E-state index in [0.717, 1.165) is 0 Å². The Labute approximate surface area is 91.9 Å². The first-order valence-electron chi connectivity index (χ1n) is 0.667. The summed E-state index contributed by atoms with van der Waals surface area (Å²) in [4.78, 5) is 0. The zero-order chi connectivity index (χ0) is 4.50. The summed E-state index contributed by atoms with van der Waals surface area (Å²) in [6.45, 7) is 0. The van der Waals surface area contributed by atoms with E-state index in [1.165, 1.54) is 0 Å². The Morgan fingerprint density at radius 1 is 1.11 bits per heavy atom. The molecule has 0 saturated carbocycles. The van der Waals surface area contributed by atoms with Crippen molar-refractivity contribution >= 4 is 27.8 Å². The Morgan fingerprint density at radius 3 is 1.11 bits per heavy atom. The van der Waals surface area contributed by atoms with Crippen molar-refractivity contribution < 1.29 is 65.0 Å². The monoisotopic (exact) mass is 198 g/mol. The van der Waals surface area contributed by atoms with Gasteiger partial charge in [0.25, 0.3) is 0 Å². The first-order chi connectivity index (χ1) is 2.00. The second-order valence-electron chi connectivity index (χ2n) is 0.408. The molecule has 0 rings (SSSR count). The average Bonchev–Trinajstić information content (AvgIpc) is 0.722. The Kier molecular flexibility index (Phi) is 42.6. The summed E-state index contributed by atoms with van der Waals surface area (Å²) in [5.74, 6) is 0. The summed E-state index contributed by atoms with van der Waals surface area (Å²) in [7, 11) is -5.17. The van der Waals surface area contributed by atoms with Crippen LogP contribution in [0.4, 0.5) is 0 Å². The van der Waals surface area contributed by atoms with Gasteiger partial charge in [-0.05, 0) is 0 Å². The quantitative estimate of drug-likeness (QED) is 0.218. The minimum Gasteiger partial charge on any atom is -1.00 e. The zero-order valence-corrected chi connectivity index (χ0v) is 9.17. The molecule has 3 radical (unpaired) electrons. The van der Waals surface area contributed by atoms with Gasteiger partial charge in [-0.25, -0.2) is 0 Å². The average molecular weight is 198 g/mol. The van der Waals surface area contributed by atoms with Crippen LogP contribution >= 0.6 is 0 Å². The maximum absolute atomic E-state index is 8.52. The summed E-state index contributed by atoms with van der Waals surface area (Å²) in [6.07, 6.45) is 0. The van der Waals surface area contributed by atoms with E-state index in [4.69, 9.17) is 17.5 Å². The van der Waals surface area contributed by atoms with Crippen LogP contribution in [-0.4, -0.2) is 40.4 Å². The molecule has 0 saturated heterocycles. The molecule has 0 spiro atoms. The van der Waals surface area contributed by atoms with Gasteiger partial charge in [-0.15, -0.1) is 0 Å². The fourth-order valence-corrected chi connectivity index (χ4v) is 0. The van der Waals surface area contributed by atoms with Gasteiger partial charge < -0.3 is 27.0 Å². The molecular weight excluding hydrogens is 197 g/mol. The number of hydrogen-bond donors (Lipinski definition) is 0. The van der Waals surface area contributed by atoms with Crippen LogP contribution in [0, 0.1) is 0 Å². The summed E-state index contributed by atoms with van der Waals surface area (Å²) >= 11 is 0. The van der Waals surface area contributed by atoms with Gasteiger partial charge in [0.15, 0.2) is 0 Å². The molecule has 0 aliphatic heterocycles. The molecule has 5 nitrogen and oxygen atoms in total. The topological polar surface area (TPSA) is 110 Å². The third-order valence-electron chi connectivity index (χ3n) is 0. The first-order valence-corrected chi connectivity index (χ1v) is 2.00. The molecule has 0 fully saturated rings. The van der Waals surface area contributed by atoms with Gasteiger partial charge in [0.1, 0.15) is 0 Å². The van der Waals surface area contributed by atoms with E-state index in [9.17, 15) is 0 Å². The van der Waals surface area contributed by atoms with Gasteiger partial charge >= 0.3 is 29.6 Å². The minimum absolute atomic E-state index is 0. The molecular formula is HAlClNaO5S-3. The first kappa shape index (κ1) is 31.1. The van der Waals surface area contributed by atoms with Crippen molar-refractivity contribution in [3.63, 3.8) is 0 Å². The van der Waals surface area contributed by atoms with Gasteiger partial charge in [0.05, 0.1) is 0 Å². The molecule has 0 unspecified atom stereocenters. The van der Waals surface area contributed by atoms with Crippen LogP contribution in [0.5, 0.6) is 0 Å². The maximum atomic E-state index is 8.52. The molecule has 0 aromatic rings. The Morgan fingerprint density at radius 2 is 1.11 bits per heavy atom. The van der Waals surface area contributed by atoms with Crippen molar-refractivity contribution in [3.05, 3.63) is 0 Å². The predicted molar refractivity (Wildman–Crippen MR) is 18.2 cm³/mol. The predicted octanol–water partition coefficient (Wildman–Crippen LogP) is -7.89. The summed E-state index contributed by atoms with van der Waals surface area (Å²) in [5, 5.41) is 0. The normalized spacial score (nSPS) is 6.44. The maximum Gasteiger partial charge on any atom is 1.00 e. The van der Waals surface area contributed by atoms with E-state index in [-0.39, 0.29) is 64.8 Å². The van der Waals surface area contributed by atoms with E-state index < -0.39 is 10.4 Å². The Bertz CT molecular complexity index is 100. The smallest absolute Gasteiger partial charge is 1.00 e. The number of rotatable bonds is 0. The third-order valence-corrected chi connectivity index (χ3v) is 0. The number of halogens is 1. The molecule has 0 amide bonds. The summed E-state index contributed by atoms with van der Waals surface area (Å²) in [5.41, 5.74) is 0. The van der Waals surface area contributed by atoms with E-state index in [1.54, 1.807) is 0 Å². The van der Waals surface area contributed by atoms with Crippen LogP contribution in [-0.2, 0) is 10.4 Å². The fraction of sp³-hybridized carbons (Fsp3) is 0. The van der Waals surface area contributed by atoms with E-state index in [2.05, 4.69) is 0 Å². The van der Waals surface area contributed by atoms with Gasteiger partial charge in [-0.1, -0.05) is 0 Å². The van der Waals surface area contributed by atoms with Crippen LogP contribution in [0.2, 0.25) is 0 Å². The standard InChI is InChI=1S/Al.ClH.Na.H2O4S.H2O/c;;;1-5(2,3)4;/h;1H;;(H2,1,2,3,4);1H2/q;;+1;;/p-4. The molecule has 9 heavy (non-hydrogen) atoms. The summed E-state index contributed by atoms with van der Waals surface area (Å²) in [6, 6.07) is 0. The van der Waals surface area contributed by atoms with Crippen molar-refractivity contribution in [1.82, 2.24) is 0 Å². The molecule has 0 aromatic heterocycles. The SMILES string of the molecule is O=S(=O)([O-])[O-].[Al].[Cl-].[Na+].[OH-]. The zero-order valence-electron chi connectivity index (χ0n) is 4.44. The largest absolute Gasteiger partial charge is 1.00 e. The second kappa shape index (κ2) is 12.3. The third kappa shape index (κ3) is 207. The molecule has 0 aliphatic rings. The summed E-state index contributed by atoms with van der Waals surface area (Å²) < 4.78 is 34.1. The van der Waals surface area contributed by atoms with Crippen LogP contribution < -0.4 is 42.0 Å². The van der Waals surface area contributed by atoms with Crippen molar-refractivity contribution in [1.29, 1.82) is 0 Å². The molecule has 0 aliphatic carbocycles. The van der Waals surface area contributed by atoms with Gasteiger partial charge in [0, 0.05) is 27.8 Å². The number of hydrogen-bond acceptors (Lipinski definition) is 5.